The van der Waals surface area contributed by atoms with Crippen LogP contribution >= 0.6 is 27.5 Å². The zero-order valence-electron chi connectivity index (χ0n) is 25.5. The van der Waals surface area contributed by atoms with Crippen molar-refractivity contribution < 1.29 is 18.0 Å². The van der Waals surface area contributed by atoms with Crippen molar-refractivity contribution in [2.45, 2.75) is 57.1 Å². The number of carbonyl (C=O) groups is 2. The average molecular weight is 711 g/mol. The first-order valence-electron chi connectivity index (χ1n) is 14.7. The highest BCUT2D eigenvalue weighted by Gasteiger charge is 2.35. The standard InChI is InChI=1S/C35H37BrClN3O4S/c1-4-26(3)38-35(42)33(22-27-12-7-5-8-13-27)39(23-28-14-11-15-29(36)21-28)34(41)24-40(32-19-18-30(37)20-25(32)2)45(43,44)31-16-9-6-10-17-31/h5-21,26,33H,4,22-24H2,1-3H3,(H,38,42)/t26-,33+/m1/s1. The van der Waals surface area contributed by atoms with Gasteiger partial charge in [0, 0.05) is 28.5 Å². The fraction of sp³-hybridized carbons (Fsp3) is 0.257. The van der Waals surface area contributed by atoms with E-state index in [0.717, 1.165) is 19.9 Å². The smallest absolute Gasteiger partial charge is 0.264 e. The number of nitrogens with one attached hydrogen (secondary N) is 1. The van der Waals surface area contributed by atoms with Crippen LogP contribution in [-0.2, 0) is 32.6 Å². The Kier molecular flexibility index (Phi) is 11.8. The number of benzene rings is 4. The van der Waals surface area contributed by atoms with Crippen LogP contribution in [0.5, 0.6) is 0 Å². The van der Waals surface area contributed by atoms with Crippen LogP contribution in [0.15, 0.2) is 112 Å². The largest absolute Gasteiger partial charge is 0.352 e. The zero-order valence-corrected chi connectivity index (χ0v) is 28.6. The third kappa shape index (κ3) is 8.96. The molecule has 1 N–H and O–H groups in total. The van der Waals surface area contributed by atoms with Crippen molar-refractivity contribution in [2.75, 3.05) is 10.8 Å². The van der Waals surface area contributed by atoms with E-state index < -0.39 is 28.5 Å². The van der Waals surface area contributed by atoms with Crippen molar-refractivity contribution in [2.24, 2.45) is 0 Å². The number of hydrogen-bond acceptors (Lipinski definition) is 4. The average Bonchev–Trinajstić information content (AvgIpc) is 3.02. The number of aryl methyl sites for hydroxylation is 1. The van der Waals surface area contributed by atoms with E-state index in [9.17, 15) is 18.0 Å². The summed E-state index contributed by atoms with van der Waals surface area (Å²) >= 11 is 9.73. The van der Waals surface area contributed by atoms with Gasteiger partial charge in [-0.2, -0.15) is 0 Å². The highest BCUT2D eigenvalue weighted by atomic mass is 79.9. The molecule has 0 fully saturated rings. The second-order valence-electron chi connectivity index (χ2n) is 10.9. The highest BCUT2D eigenvalue weighted by Crippen LogP contribution is 2.30. The van der Waals surface area contributed by atoms with Crippen LogP contribution in [0.1, 0.15) is 37.0 Å². The first-order chi connectivity index (χ1) is 21.5. The third-order valence-corrected chi connectivity index (χ3v) is 10.1. The second-order valence-corrected chi connectivity index (χ2v) is 14.1. The Morgan fingerprint density at radius 1 is 0.889 bits per heavy atom. The van der Waals surface area contributed by atoms with Crippen LogP contribution < -0.4 is 9.62 Å². The maximum absolute atomic E-state index is 14.6. The summed E-state index contributed by atoms with van der Waals surface area (Å²) in [6.07, 6.45) is 0.955. The quantitative estimate of drug-likeness (QED) is 0.160. The maximum Gasteiger partial charge on any atom is 0.264 e. The summed E-state index contributed by atoms with van der Waals surface area (Å²) in [5.74, 6) is -0.833. The van der Waals surface area contributed by atoms with Crippen molar-refractivity contribution in [3.05, 3.63) is 129 Å². The molecule has 4 aromatic carbocycles. The number of halogens is 2. The number of hydrogen-bond donors (Lipinski definition) is 1. The van der Waals surface area contributed by atoms with Gasteiger partial charge in [-0.05, 0) is 79.4 Å². The Labute approximate surface area is 279 Å². The van der Waals surface area contributed by atoms with Crippen molar-refractivity contribution in [1.82, 2.24) is 10.2 Å². The van der Waals surface area contributed by atoms with Crippen LogP contribution in [0.4, 0.5) is 5.69 Å². The van der Waals surface area contributed by atoms with Crippen LogP contribution in [-0.4, -0.2) is 43.8 Å². The van der Waals surface area contributed by atoms with E-state index in [4.69, 9.17) is 11.6 Å². The molecule has 0 bridgehead atoms. The van der Waals surface area contributed by atoms with Gasteiger partial charge in [0.1, 0.15) is 12.6 Å². The normalized spacial score (nSPS) is 12.6. The van der Waals surface area contributed by atoms with Gasteiger partial charge in [0.05, 0.1) is 10.6 Å². The highest BCUT2D eigenvalue weighted by molar-refractivity contribution is 9.10. The van der Waals surface area contributed by atoms with Gasteiger partial charge < -0.3 is 10.2 Å². The Morgan fingerprint density at radius 3 is 2.16 bits per heavy atom. The first-order valence-corrected chi connectivity index (χ1v) is 17.3. The molecule has 0 aliphatic rings. The van der Waals surface area contributed by atoms with Crippen LogP contribution in [0.2, 0.25) is 5.02 Å². The van der Waals surface area contributed by atoms with Gasteiger partial charge in [-0.25, -0.2) is 8.42 Å². The van der Waals surface area contributed by atoms with E-state index in [1.54, 1.807) is 43.3 Å². The molecule has 0 saturated heterocycles. The second kappa shape index (κ2) is 15.6. The first kappa shape index (κ1) is 34.2. The van der Waals surface area contributed by atoms with Crippen molar-refractivity contribution in [1.29, 1.82) is 0 Å². The lowest BCUT2D eigenvalue weighted by Crippen LogP contribution is -2.54. The third-order valence-electron chi connectivity index (χ3n) is 7.55. The number of amides is 2. The molecule has 0 aliphatic carbocycles. The summed E-state index contributed by atoms with van der Waals surface area (Å²) in [5.41, 5.74) is 2.56. The van der Waals surface area contributed by atoms with Gasteiger partial charge in [0.2, 0.25) is 11.8 Å². The molecule has 236 valence electrons. The predicted octanol–water partition coefficient (Wildman–Crippen LogP) is 7.16. The molecular formula is C35H37BrClN3O4S. The minimum atomic E-state index is -4.19. The SMILES string of the molecule is CC[C@@H](C)NC(=O)[C@H](Cc1ccccc1)N(Cc1cccc(Br)c1)C(=O)CN(c1ccc(Cl)cc1C)S(=O)(=O)c1ccccc1. The fourth-order valence-corrected chi connectivity index (χ4v) is 7.13. The van der Waals surface area contributed by atoms with Crippen LogP contribution in [0, 0.1) is 6.92 Å². The maximum atomic E-state index is 14.6. The number of carbonyl (C=O) groups excluding carboxylic acids is 2. The molecule has 2 atom stereocenters. The van der Waals surface area contributed by atoms with Gasteiger partial charge in [-0.3, -0.25) is 13.9 Å². The summed E-state index contributed by atoms with van der Waals surface area (Å²) in [5, 5.41) is 3.50. The summed E-state index contributed by atoms with van der Waals surface area (Å²) in [6, 6.07) is 28.8. The Balaban J connectivity index is 1.83. The summed E-state index contributed by atoms with van der Waals surface area (Å²) in [4.78, 5) is 30.0. The monoisotopic (exact) mass is 709 g/mol. The van der Waals surface area contributed by atoms with Gasteiger partial charge >= 0.3 is 0 Å². The lowest BCUT2D eigenvalue weighted by atomic mass is 10.0. The molecule has 4 rings (SSSR count). The van der Waals surface area contributed by atoms with Gasteiger partial charge in [0.25, 0.3) is 10.0 Å². The van der Waals surface area contributed by atoms with Crippen molar-refractivity contribution in [3.63, 3.8) is 0 Å². The van der Waals surface area contributed by atoms with E-state index >= 15 is 0 Å². The van der Waals surface area contributed by atoms with E-state index in [1.165, 1.54) is 17.0 Å². The Morgan fingerprint density at radius 2 is 1.53 bits per heavy atom. The van der Waals surface area contributed by atoms with Gasteiger partial charge in [-0.1, -0.05) is 95.1 Å². The lowest BCUT2D eigenvalue weighted by molar-refractivity contribution is -0.140. The molecule has 10 heteroatoms. The van der Waals surface area contributed by atoms with Crippen molar-refractivity contribution >= 4 is 55.1 Å². The number of rotatable bonds is 13. The predicted molar refractivity (Wildman–Crippen MR) is 184 cm³/mol. The summed E-state index contributed by atoms with van der Waals surface area (Å²) in [6.45, 7) is 5.19. The molecule has 0 spiro atoms. The van der Waals surface area contributed by atoms with E-state index in [2.05, 4.69) is 21.2 Å². The van der Waals surface area contributed by atoms with E-state index in [1.807, 2.05) is 68.4 Å². The lowest BCUT2D eigenvalue weighted by Gasteiger charge is -2.34. The molecule has 0 heterocycles. The van der Waals surface area contributed by atoms with Crippen LogP contribution in [0.3, 0.4) is 0 Å². The van der Waals surface area contributed by atoms with Crippen LogP contribution in [0.25, 0.3) is 0 Å². The molecule has 0 unspecified atom stereocenters. The molecule has 45 heavy (non-hydrogen) atoms. The molecule has 7 nitrogen and oxygen atoms in total. The summed E-state index contributed by atoms with van der Waals surface area (Å²) < 4.78 is 30.2. The molecule has 0 saturated carbocycles. The van der Waals surface area contributed by atoms with Crippen molar-refractivity contribution in [3.8, 4) is 0 Å². The topological polar surface area (TPSA) is 86.8 Å². The number of anilines is 1. The van der Waals surface area contributed by atoms with E-state index in [-0.39, 0.29) is 29.8 Å². The minimum absolute atomic E-state index is 0.0426. The van der Waals surface area contributed by atoms with Gasteiger partial charge in [-0.15, -0.1) is 0 Å². The molecular weight excluding hydrogens is 674 g/mol. The van der Waals surface area contributed by atoms with E-state index in [0.29, 0.717) is 22.7 Å². The Bertz CT molecular complexity index is 1720. The number of sulfonamides is 1. The Hall–Kier alpha value is -3.66. The number of nitrogens with zero attached hydrogens (tertiary/aromatic N) is 2. The molecule has 0 radical (unpaired) electrons. The molecule has 0 aromatic heterocycles. The summed E-state index contributed by atoms with van der Waals surface area (Å²) in [7, 11) is -4.19. The van der Waals surface area contributed by atoms with Gasteiger partial charge in [0.15, 0.2) is 0 Å². The molecule has 2 amide bonds. The minimum Gasteiger partial charge on any atom is -0.352 e. The molecule has 4 aromatic rings. The fourth-order valence-electron chi connectivity index (χ4n) is 4.96. The zero-order chi connectivity index (χ0) is 32.6. The molecule has 0 aliphatic heterocycles.